The summed E-state index contributed by atoms with van der Waals surface area (Å²) in [6.07, 6.45) is 1.48. The van der Waals surface area contributed by atoms with Crippen LogP contribution in [0.4, 0.5) is 11.4 Å². The fraction of sp³-hybridized carbons (Fsp3) is 0.250. The maximum atomic E-state index is 13.3. The van der Waals surface area contributed by atoms with Gasteiger partial charge in [-0.05, 0) is 43.0 Å². The summed E-state index contributed by atoms with van der Waals surface area (Å²) < 4.78 is 5.05. The van der Waals surface area contributed by atoms with E-state index < -0.39 is 16.8 Å². The van der Waals surface area contributed by atoms with Gasteiger partial charge < -0.3 is 10.5 Å². The van der Waals surface area contributed by atoms with Gasteiger partial charge >= 0.3 is 5.97 Å². The number of anilines is 1. The number of benzene rings is 2. The van der Waals surface area contributed by atoms with Gasteiger partial charge in [0, 0.05) is 34.8 Å². The molecule has 2 aromatic rings. The van der Waals surface area contributed by atoms with Gasteiger partial charge in [-0.1, -0.05) is 29.8 Å². The molecular formula is C24H22ClN3O5. The molecule has 0 unspecified atom stereocenters. The minimum Gasteiger partial charge on any atom is -0.466 e. The minimum atomic E-state index is -0.879. The summed E-state index contributed by atoms with van der Waals surface area (Å²) in [6, 6.07) is 11.2. The zero-order chi connectivity index (χ0) is 23.9. The van der Waals surface area contributed by atoms with Gasteiger partial charge in [0.15, 0.2) is 5.78 Å². The van der Waals surface area contributed by atoms with Crippen molar-refractivity contribution in [2.75, 3.05) is 12.0 Å². The first-order valence-electron chi connectivity index (χ1n) is 10.4. The molecule has 0 bridgehead atoms. The lowest BCUT2D eigenvalue weighted by atomic mass is 9.75. The van der Waals surface area contributed by atoms with Crippen LogP contribution in [0.15, 0.2) is 65.1 Å². The molecule has 2 aromatic carbocycles. The third kappa shape index (κ3) is 3.76. The lowest BCUT2D eigenvalue weighted by Crippen LogP contribution is -2.41. The molecule has 1 aliphatic carbocycles. The molecular weight excluding hydrogens is 446 g/mol. The van der Waals surface area contributed by atoms with E-state index in [1.165, 1.54) is 25.3 Å². The fourth-order valence-corrected chi connectivity index (χ4v) is 4.73. The van der Waals surface area contributed by atoms with Crippen LogP contribution in [-0.2, 0) is 14.3 Å². The van der Waals surface area contributed by atoms with Gasteiger partial charge in [-0.3, -0.25) is 19.8 Å². The SMILES string of the molecule is COC(=O)C1=C(N)N(c2cccc(Cl)c2C)C2=C(C(=O)CCC2)[C@@H]1c1cccc([N+](=O)[O-])c1. The van der Waals surface area contributed by atoms with E-state index in [1.807, 2.05) is 13.0 Å². The normalized spacial score (nSPS) is 18.3. The zero-order valence-corrected chi connectivity index (χ0v) is 18.9. The molecule has 0 radical (unpaired) electrons. The number of hydrogen-bond donors (Lipinski definition) is 1. The van der Waals surface area contributed by atoms with E-state index in [9.17, 15) is 19.7 Å². The highest BCUT2D eigenvalue weighted by atomic mass is 35.5. The quantitative estimate of drug-likeness (QED) is 0.399. The maximum Gasteiger partial charge on any atom is 0.338 e. The van der Waals surface area contributed by atoms with Crippen molar-refractivity contribution in [3.63, 3.8) is 0 Å². The van der Waals surface area contributed by atoms with Crippen LogP contribution in [0.1, 0.15) is 36.3 Å². The second kappa shape index (κ2) is 8.71. The monoisotopic (exact) mass is 467 g/mol. The Hall–Kier alpha value is -3.65. The Kier molecular flexibility index (Phi) is 5.95. The number of hydrogen-bond acceptors (Lipinski definition) is 7. The smallest absolute Gasteiger partial charge is 0.338 e. The average Bonchev–Trinajstić information content (AvgIpc) is 2.80. The van der Waals surface area contributed by atoms with Crippen LogP contribution in [0, 0.1) is 17.0 Å². The van der Waals surface area contributed by atoms with Gasteiger partial charge in [-0.2, -0.15) is 0 Å². The molecule has 2 aliphatic rings. The molecule has 1 atom stereocenters. The lowest BCUT2D eigenvalue weighted by Gasteiger charge is -2.41. The molecule has 8 nitrogen and oxygen atoms in total. The Labute approximate surface area is 195 Å². The number of halogens is 1. The number of carbonyl (C=O) groups excluding carboxylic acids is 2. The van der Waals surface area contributed by atoms with E-state index in [2.05, 4.69) is 0 Å². The number of ether oxygens (including phenoxy) is 1. The summed E-state index contributed by atoms with van der Waals surface area (Å²) in [4.78, 5) is 38.9. The summed E-state index contributed by atoms with van der Waals surface area (Å²) in [7, 11) is 1.23. The lowest BCUT2D eigenvalue weighted by molar-refractivity contribution is -0.384. The first-order valence-corrected chi connectivity index (χ1v) is 10.8. The van der Waals surface area contributed by atoms with Gasteiger partial charge in [0.2, 0.25) is 0 Å². The maximum absolute atomic E-state index is 13.3. The first kappa shape index (κ1) is 22.5. The van der Waals surface area contributed by atoms with Crippen molar-refractivity contribution >= 4 is 34.7 Å². The molecule has 0 amide bonds. The van der Waals surface area contributed by atoms with Crippen LogP contribution in [0.2, 0.25) is 5.02 Å². The Bertz CT molecular complexity index is 1250. The van der Waals surface area contributed by atoms with Crippen molar-refractivity contribution in [3.05, 3.63) is 91.4 Å². The van der Waals surface area contributed by atoms with E-state index >= 15 is 0 Å². The molecule has 170 valence electrons. The summed E-state index contributed by atoms with van der Waals surface area (Å²) in [6.45, 7) is 1.83. The van der Waals surface area contributed by atoms with Gasteiger partial charge in [-0.15, -0.1) is 0 Å². The van der Waals surface area contributed by atoms with E-state index in [0.29, 0.717) is 46.8 Å². The van der Waals surface area contributed by atoms with E-state index in [0.717, 1.165) is 5.56 Å². The van der Waals surface area contributed by atoms with Crippen molar-refractivity contribution < 1.29 is 19.2 Å². The fourth-order valence-electron chi connectivity index (χ4n) is 4.56. The van der Waals surface area contributed by atoms with Gasteiger partial charge in [0.05, 0.1) is 29.2 Å². The molecule has 2 N–H and O–H groups in total. The van der Waals surface area contributed by atoms with E-state index in [4.69, 9.17) is 22.1 Å². The average molecular weight is 468 g/mol. The summed E-state index contributed by atoms with van der Waals surface area (Å²) in [5, 5.41) is 11.9. The first-order chi connectivity index (χ1) is 15.8. The van der Waals surface area contributed by atoms with E-state index in [1.54, 1.807) is 23.1 Å². The predicted molar refractivity (Wildman–Crippen MR) is 124 cm³/mol. The van der Waals surface area contributed by atoms with Gasteiger partial charge in [0.1, 0.15) is 5.82 Å². The highest BCUT2D eigenvalue weighted by Gasteiger charge is 2.43. The molecule has 0 saturated carbocycles. The zero-order valence-electron chi connectivity index (χ0n) is 18.1. The van der Waals surface area contributed by atoms with E-state index in [-0.39, 0.29) is 22.9 Å². The largest absolute Gasteiger partial charge is 0.466 e. The molecule has 0 fully saturated rings. The number of allylic oxidation sites excluding steroid dienone is 2. The number of non-ortho nitro benzene ring substituents is 1. The summed E-state index contributed by atoms with van der Waals surface area (Å²) >= 11 is 6.36. The number of rotatable bonds is 4. The Balaban J connectivity index is 2.04. The number of nitrogens with two attached hydrogens (primary N) is 1. The second-order valence-corrected chi connectivity index (χ2v) is 8.34. The second-order valence-electron chi connectivity index (χ2n) is 7.93. The van der Waals surface area contributed by atoms with Crippen LogP contribution in [0.3, 0.4) is 0 Å². The summed E-state index contributed by atoms with van der Waals surface area (Å²) in [5.74, 6) is -1.61. The number of Topliss-reactive ketones (excluding diaryl/α,β-unsaturated/α-hetero) is 1. The van der Waals surface area contributed by atoms with Crippen LogP contribution in [0.25, 0.3) is 0 Å². The molecule has 9 heteroatoms. The van der Waals surface area contributed by atoms with Crippen molar-refractivity contribution in [2.24, 2.45) is 5.73 Å². The number of methoxy groups -OCH3 is 1. The number of nitrogens with zero attached hydrogens (tertiary/aromatic N) is 2. The Morgan fingerprint density at radius 1 is 1.24 bits per heavy atom. The van der Waals surface area contributed by atoms with Crippen molar-refractivity contribution in [1.29, 1.82) is 0 Å². The number of nitro benzene ring substituents is 1. The van der Waals surface area contributed by atoms with Crippen LogP contribution in [-0.4, -0.2) is 23.8 Å². The third-order valence-corrected chi connectivity index (χ3v) is 6.50. The van der Waals surface area contributed by atoms with Crippen LogP contribution in [0.5, 0.6) is 0 Å². The molecule has 33 heavy (non-hydrogen) atoms. The molecule has 4 rings (SSSR count). The number of carbonyl (C=O) groups is 2. The predicted octanol–water partition coefficient (Wildman–Crippen LogP) is 4.51. The van der Waals surface area contributed by atoms with Crippen molar-refractivity contribution in [3.8, 4) is 0 Å². The van der Waals surface area contributed by atoms with Crippen molar-refractivity contribution in [2.45, 2.75) is 32.1 Å². The highest BCUT2D eigenvalue weighted by molar-refractivity contribution is 6.31. The molecule has 0 aromatic heterocycles. The molecule has 1 heterocycles. The summed E-state index contributed by atoms with van der Waals surface area (Å²) in [5.41, 5.74) is 9.41. The topological polar surface area (TPSA) is 116 Å². The number of nitro groups is 1. The highest BCUT2D eigenvalue weighted by Crippen LogP contribution is 2.48. The Morgan fingerprint density at radius 3 is 2.67 bits per heavy atom. The van der Waals surface area contributed by atoms with Crippen LogP contribution < -0.4 is 10.6 Å². The molecule has 0 spiro atoms. The number of ketones is 1. The van der Waals surface area contributed by atoms with Gasteiger partial charge in [-0.25, -0.2) is 4.79 Å². The standard InChI is InChI=1S/C24H22ClN3O5/c1-13-16(25)8-4-9-17(13)27-18-10-5-11-19(29)21(18)20(22(23(27)26)24(30)33-2)14-6-3-7-15(12-14)28(31)32/h3-4,6-9,12,20H,5,10-11,26H2,1-2H3/t20-/m0/s1. The van der Waals surface area contributed by atoms with Gasteiger partial charge in [0.25, 0.3) is 5.69 Å². The third-order valence-electron chi connectivity index (χ3n) is 6.09. The number of esters is 1. The minimum absolute atomic E-state index is 0.0615. The van der Waals surface area contributed by atoms with Crippen molar-refractivity contribution in [1.82, 2.24) is 0 Å². The Morgan fingerprint density at radius 2 is 1.97 bits per heavy atom. The van der Waals surface area contributed by atoms with Crippen LogP contribution >= 0.6 is 11.6 Å². The molecule has 0 saturated heterocycles. The molecule has 1 aliphatic heterocycles.